The molecule has 6 heteroatoms. The van der Waals surface area contributed by atoms with Crippen LogP contribution in [0.5, 0.6) is 0 Å². The van der Waals surface area contributed by atoms with E-state index in [1.807, 2.05) is 45.2 Å². The lowest BCUT2D eigenvalue weighted by Gasteiger charge is -2.22. The summed E-state index contributed by atoms with van der Waals surface area (Å²) < 4.78 is 25.0. The summed E-state index contributed by atoms with van der Waals surface area (Å²) in [5.41, 5.74) is 2.26. The molecule has 108 valence electrons. The first-order chi connectivity index (χ1) is 8.70. The lowest BCUT2D eigenvalue weighted by atomic mass is 10.1. The normalized spacial score (nSPS) is 13.6. The van der Waals surface area contributed by atoms with Crippen molar-refractivity contribution >= 4 is 15.7 Å². The number of nitrogens with one attached hydrogen (secondary N) is 2. The van der Waals surface area contributed by atoms with E-state index in [1.54, 1.807) is 0 Å². The van der Waals surface area contributed by atoms with E-state index >= 15 is 0 Å². The Labute approximate surface area is 116 Å². The summed E-state index contributed by atoms with van der Waals surface area (Å²) in [6, 6.07) is 8.30. The lowest BCUT2D eigenvalue weighted by Crippen LogP contribution is -3.07. The molecular formula is C13H24N3O2S+. The van der Waals surface area contributed by atoms with Crippen LogP contribution in [0, 0.1) is 0 Å². The van der Waals surface area contributed by atoms with E-state index in [0.29, 0.717) is 6.54 Å². The molecule has 0 aliphatic heterocycles. The fourth-order valence-electron chi connectivity index (χ4n) is 1.89. The molecule has 0 spiro atoms. The van der Waals surface area contributed by atoms with Gasteiger partial charge in [-0.1, -0.05) is 12.1 Å². The maximum absolute atomic E-state index is 11.2. The van der Waals surface area contributed by atoms with Gasteiger partial charge >= 0.3 is 0 Å². The molecule has 0 aliphatic rings. The molecule has 1 atom stereocenters. The number of anilines is 1. The maximum Gasteiger partial charge on any atom is 0.208 e. The SMILES string of the molecule is CN(C)c1ccc([C@H](CNS(C)(=O)=O)[NH+](C)C)cc1. The fourth-order valence-corrected chi connectivity index (χ4v) is 2.36. The standard InChI is InChI=1S/C13H23N3O2S/c1-15(2)12-8-6-11(7-9-12)13(16(3)4)10-14-19(5,17)18/h6-9,13-14H,10H2,1-5H3/p+1/t13-/m0/s1. The smallest absolute Gasteiger partial charge is 0.208 e. The van der Waals surface area contributed by atoms with Crippen LogP contribution < -0.4 is 14.5 Å². The molecule has 1 rings (SSSR count). The van der Waals surface area contributed by atoms with Crippen LogP contribution in [-0.4, -0.2) is 49.4 Å². The van der Waals surface area contributed by atoms with Gasteiger partial charge in [0.15, 0.2) is 0 Å². The number of nitrogens with zero attached hydrogens (tertiary/aromatic N) is 1. The molecule has 0 aromatic heterocycles. The van der Waals surface area contributed by atoms with E-state index in [-0.39, 0.29) is 6.04 Å². The van der Waals surface area contributed by atoms with Gasteiger partial charge in [-0.2, -0.15) is 0 Å². The van der Waals surface area contributed by atoms with Crippen molar-refractivity contribution in [2.75, 3.05) is 45.9 Å². The Balaban J connectivity index is 2.87. The number of likely N-dealkylation sites (N-methyl/N-ethyl adjacent to an activating group) is 1. The highest BCUT2D eigenvalue weighted by molar-refractivity contribution is 7.88. The van der Waals surface area contributed by atoms with Gasteiger partial charge in [-0.3, -0.25) is 0 Å². The minimum atomic E-state index is -3.15. The van der Waals surface area contributed by atoms with Crippen molar-refractivity contribution in [1.29, 1.82) is 0 Å². The first-order valence-corrected chi connectivity index (χ1v) is 8.12. The van der Waals surface area contributed by atoms with Crippen LogP contribution in [-0.2, 0) is 10.0 Å². The molecule has 0 aliphatic carbocycles. The summed E-state index contributed by atoms with van der Waals surface area (Å²) >= 11 is 0. The van der Waals surface area contributed by atoms with E-state index in [0.717, 1.165) is 11.3 Å². The molecule has 1 aromatic rings. The van der Waals surface area contributed by atoms with E-state index < -0.39 is 10.0 Å². The van der Waals surface area contributed by atoms with E-state index in [1.165, 1.54) is 11.2 Å². The van der Waals surface area contributed by atoms with Gasteiger partial charge in [0.25, 0.3) is 0 Å². The fraction of sp³-hybridized carbons (Fsp3) is 0.538. The Morgan fingerprint density at radius 2 is 1.74 bits per heavy atom. The predicted molar refractivity (Wildman–Crippen MR) is 79.2 cm³/mol. The Bertz CT molecular complexity index is 495. The number of quaternary nitrogens is 1. The second-order valence-electron chi connectivity index (χ2n) is 5.24. The van der Waals surface area contributed by atoms with Gasteiger partial charge in [-0.15, -0.1) is 0 Å². The molecular weight excluding hydrogens is 262 g/mol. The van der Waals surface area contributed by atoms with Crippen LogP contribution in [0.3, 0.4) is 0 Å². The third-order valence-corrected chi connectivity index (χ3v) is 3.75. The van der Waals surface area contributed by atoms with Gasteiger partial charge in [0.1, 0.15) is 6.04 Å². The van der Waals surface area contributed by atoms with Gasteiger partial charge in [-0.25, -0.2) is 13.1 Å². The van der Waals surface area contributed by atoms with Crippen molar-refractivity contribution in [3.63, 3.8) is 0 Å². The Hall–Kier alpha value is -1.11. The van der Waals surface area contributed by atoms with Crippen LogP contribution >= 0.6 is 0 Å². The molecule has 0 saturated heterocycles. The molecule has 0 unspecified atom stereocenters. The van der Waals surface area contributed by atoms with E-state index in [2.05, 4.69) is 16.9 Å². The van der Waals surface area contributed by atoms with Gasteiger partial charge < -0.3 is 9.80 Å². The first kappa shape index (κ1) is 15.9. The van der Waals surface area contributed by atoms with Crippen molar-refractivity contribution in [1.82, 2.24) is 4.72 Å². The van der Waals surface area contributed by atoms with Gasteiger partial charge in [0, 0.05) is 25.3 Å². The van der Waals surface area contributed by atoms with Crippen LogP contribution in [0.15, 0.2) is 24.3 Å². The summed E-state index contributed by atoms with van der Waals surface area (Å²) in [5, 5.41) is 0. The van der Waals surface area contributed by atoms with Crippen molar-refractivity contribution in [2.24, 2.45) is 0 Å². The molecule has 0 amide bonds. The van der Waals surface area contributed by atoms with E-state index in [4.69, 9.17) is 0 Å². The second-order valence-corrected chi connectivity index (χ2v) is 7.07. The molecule has 0 saturated carbocycles. The summed E-state index contributed by atoms with van der Waals surface area (Å²) in [7, 11) is 4.88. The number of sulfonamides is 1. The predicted octanol–water partition coefficient (Wildman–Crippen LogP) is -0.513. The van der Waals surface area contributed by atoms with Crippen LogP contribution in [0.4, 0.5) is 5.69 Å². The monoisotopic (exact) mass is 286 g/mol. The molecule has 0 radical (unpaired) electrons. The quantitative estimate of drug-likeness (QED) is 0.740. The van der Waals surface area contributed by atoms with Gasteiger partial charge in [0.2, 0.25) is 10.0 Å². The van der Waals surface area contributed by atoms with Crippen molar-refractivity contribution in [2.45, 2.75) is 6.04 Å². The Morgan fingerprint density at radius 1 is 1.21 bits per heavy atom. The van der Waals surface area contributed by atoms with Gasteiger partial charge in [0.05, 0.1) is 26.9 Å². The summed E-state index contributed by atoms with van der Waals surface area (Å²) in [6.45, 7) is 0.405. The minimum Gasteiger partial charge on any atom is -0.378 e. The van der Waals surface area contributed by atoms with Crippen molar-refractivity contribution < 1.29 is 13.3 Å². The molecule has 5 nitrogen and oxygen atoms in total. The first-order valence-electron chi connectivity index (χ1n) is 6.22. The molecule has 0 bridgehead atoms. The number of benzene rings is 1. The highest BCUT2D eigenvalue weighted by Crippen LogP contribution is 2.16. The molecule has 2 N–H and O–H groups in total. The zero-order valence-electron chi connectivity index (χ0n) is 12.3. The number of hydrogen-bond acceptors (Lipinski definition) is 3. The second kappa shape index (κ2) is 6.36. The van der Waals surface area contributed by atoms with E-state index in [9.17, 15) is 8.42 Å². The lowest BCUT2D eigenvalue weighted by molar-refractivity contribution is -0.890. The van der Waals surface area contributed by atoms with Crippen molar-refractivity contribution in [3.05, 3.63) is 29.8 Å². The summed E-state index contributed by atoms with van der Waals surface area (Å²) in [6.07, 6.45) is 1.18. The third kappa shape index (κ3) is 5.18. The Morgan fingerprint density at radius 3 is 2.11 bits per heavy atom. The molecule has 19 heavy (non-hydrogen) atoms. The summed E-state index contributed by atoms with van der Waals surface area (Å²) in [4.78, 5) is 3.23. The van der Waals surface area contributed by atoms with Crippen LogP contribution in [0.1, 0.15) is 11.6 Å². The summed E-state index contributed by atoms with van der Waals surface area (Å²) in [5.74, 6) is 0. The molecule has 0 heterocycles. The third-order valence-electron chi connectivity index (χ3n) is 3.06. The van der Waals surface area contributed by atoms with Gasteiger partial charge in [-0.05, 0) is 12.1 Å². The minimum absolute atomic E-state index is 0.103. The average molecular weight is 286 g/mol. The zero-order valence-corrected chi connectivity index (χ0v) is 13.1. The maximum atomic E-state index is 11.2. The topological polar surface area (TPSA) is 53.9 Å². The average Bonchev–Trinajstić information content (AvgIpc) is 2.27. The molecule has 1 aromatic carbocycles. The Kier molecular flexibility index (Phi) is 5.34. The van der Waals surface area contributed by atoms with Crippen LogP contribution in [0.2, 0.25) is 0 Å². The number of rotatable bonds is 6. The van der Waals surface area contributed by atoms with Crippen molar-refractivity contribution in [3.8, 4) is 0 Å². The largest absolute Gasteiger partial charge is 0.378 e. The highest BCUT2D eigenvalue weighted by atomic mass is 32.2. The van der Waals surface area contributed by atoms with Crippen LogP contribution in [0.25, 0.3) is 0 Å². The zero-order chi connectivity index (χ0) is 14.6. The number of hydrogen-bond donors (Lipinski definition) is 2. The highest BCUT2D eigenvalue weighted by Gasteiger charge is 2.19. The molecule has 0 fully saturated rings.